The molecule has 0 bridgehead atoms. The topological polar surface area (TPSA) is 52.6 Å². The van der Waals surface area contributed by atoms with Crippen molar-refractivity contribution >= 4 is 11.9 Å². The zero-order chi connectivity index (χ0) is 28.8. The van der Waals surface area contributed by atoms with Gasteiger partial charge in [-0.05, 0) is 24.7 Å². The third-order valence-corrected chi connectivity index (χ3v) is 7.67. The van der Waals surface area contributed by atoms with Gasteiger partial charge in [0, 0.05) is 0 Å². The second-order valence-electron chi connectivity index (χ2n) is 12.8. The van der Waals surface area contributed by atoms with E-state index in [2.05, 4.69) is 27.7 Å². The van der Waals surface area contributed by atoms with Gasteiger partial charge in [-0.2, -0.15) is 0 Å². The fourth-order valence-electron chi connectivity index (χ4n) is 5.08. The Balaban J connectivity index is 3.30. The fourth-order valence-corrected chi connectivity index (χ4v) is 5.08. The number of carbonyl (C=O) groups is 2. The van der Waals surface area contributed by atoms with Crippen molar-refractivity contribution in [2.75, 3.05) is 13.2 Å². The fraction of sp³-hybridized carbons (Fsp3) is 0.943. The van der Waals surface area contributed by atoms with Crippen LogP contribution in [0.5, 0.6) is 0 Å². The molecule has 4 nitrogen and oxygen atoms in total. The van der Waals surface area contributed by atoms with E-state index >= 15 is 0 Å². The summed E-state index contributed by atoms with van der Waals surface area (Å²) in [6.07, 6.45) is 30.6. The lowest BCUT2D eigenvalue weighted by atomic mass is 10.0. The minimum Gasteiger partial charge on any atom is -0.465 e. The molecule has 0 rings (SSSR count). The number of hydrogen-bond donors (Lipinski definition) is 0. The lowest BCUT2D eigenvalue weighted by molar-refractivity contribution is -0.154. The molecular weight excluding hydrogens is 484 g/mol. The predicted molar refractivity (Wildman–Crippen MR) is 167 cm³/mol. The molecule has 0 aromatic rings. The molecule has 0 saturated carbocycles. The second kappa shape index (κ2) is 29.9. The number of esters is 2. The highest BCUT2D eigenvalue weighted by Gasteiger charge is 2.11. The average Bonchev–Trinajstić information content (AvgIpc) is 2.88. The Morgan fingerprint density at radius 2 is 0.615 bits per heavy atom. The highest BCUT2D eigenvalue weighted by Crippen LogP contribution is 2.15. The first kappa shape index (κ1) is 37.9. The summed E-state index contributed by atoms with van der Waals surface area (Å²) in [6, 6.07) is 0. The maximum atomic E-state index is 11.8. The van der Waals surface area contributed by atoms with E-state index < -0.39 is 11.9 Å². The Bertz CT molecular complexity index is 483. The smallest absolute Gasteiger partial charge is 0.317 e. The minimum absolute atomic E-state index is 0.255. The van der Waals surface area contributed by atoms with Gasteiger partial charge in [-0.25, -0.2) is 0 Å². The molecule has 0 saturated heterocycles. The molecule has 39 heavy (non-hydrogen) atoms. The molecule has 4 heteroatoms. The Morgan fingerprint density at radius 1 is 0.385 bits per heavy atom. The monoisotopic (exact) mass is 553 g/mol. The summed E-state index contributed by atoms with van der Waals surface area (Å²) in [5.41, 5.74) is 0. The number of rotatable bonds is 30. The molecule has 0 aromatic heterocycles. The van der Waals surface area contributed by atoms with E-state index in [0.717, 1.165) is 37.5 Å². The standard InChI is InChI=1S/C35H68O4/c1-32(2)27-23-19-15-11-7-5-9-13-17-21-25-29-38-34(36)31-35(37)39-30-26-22-18-14-10-6-8-12-16-20-24-28-33(3)4/h32-33H,5-31H2,1-4H3. The lowest BCUT2D eigenvalue weighted by Crippen LogP contribution is -2.15. The van der Waals surface area contributed by atoms with Crippen molar-refractivity contribution < 1.29 is 19.1 Å². The van der Waals surface area contributed by atoms with Crippen LogP contribution in [0.1, 0.15) is 188 Å². The van der Waals surface area contributed by atoms with Crippen molar-refractivity contribution in [2.24, 2.45) is 11.8 Å². The highest BCUT2D eigenvalue weighted by atomic mass is 16.6. The van der Waals surface area contributed by atoms with Crippen molar-refractivity contribution in [3.05, 3.63) is 0 Å². The van der Waals surface area contributed by atoms with Crippen LogP contribution in [0.15, 0.2) is 0 Å². The maximum Gasteiger partial charge on any atom is 0.317 e. The summed E-state index contributed by atoms with van der Waals surface area (Å²) in [5, 5.41) is 0. The molecule has 0 spiro atoms. The number of carbonyl (C=O) groups excluding carboxylic acids is 2. The van der Waals surface area contributed by atoms with Crippen LogP contribution in [0.2, 0.25) is 0 Å². The van der Waals surface area contributed by atoms with Gasteiger partial charge in [-0.15, -0.1) is 0 Å². The van der Waals surface area contributed by atoms with E-state index in [0.29, 0.717) is 13.2 Å². The first-order chi connectivity index (χ1) is 18.9. The summed E-state index contributed by atoms with van der Waals surface area (Å²) in [4.78, 5) is 23.7. The minimum atomic E-state index is -0.451. The maximum absolute atomic E-state index is 11.8. The number of unbranched alkanes of at least 4 members (excludes halogenated alkanes) is 20. The van der Waals surface area contributed by atoms with Crippen LogP contribution in [-0.4, -0.2) is 25.2 Å². The third-order valence-electron chi connectivity index (χ3n) is 7.67. The zero-order valence-electron chi connectivity index (χ0n) is 26.9. The molecular formula is C35H68O4. The molecule has 0 aliphatic carbocycles. The molecule has 0 aromatic carbocycles. The molecule has 0 unspecified atom stereocenters. The molecule has 0 amide bonds. The van der Waals surface area contributed by atoms with Gasteiger partial charge in [0.2, 0.25) is 0 Å². The third kappa shape index (κ3) is 33.0. The Morgan fingerprint density at radius 3 is 0.872 bits per heavy atom. The Labute approximate surface area is 244 Å². The SMILES string of the molecule is CC(C)CCCCCCCCCCCCCOC(=O)CC(=O)OCCCCCCCCCCCCCC(C)C. The molecule has 232 valence electrons. The molecule has 0 aliphatic heterocycles. The van der Waals surface area contributed by atoms with Gasteiger partial charge >= 0.3 is 11.9 Å². The first-order valence-corrected chi connectivity index (χ1v) is 17.2. The van der Waals surface area contributed by atoms with E-state index in [1.807, 2.05) is 0 Å². The van der Waals surface area contributed by atoms with Crippen LogP contribution < -0.4 is 0 Å². The Hall–Kier alpha value is -1.06. The van der Waals surface area contributed by atoms with Gasteiger partial charge in [0.05, 0.1) is 13.2 Å². The molecule has 0 fully saturated rings. The van der Waals surface area contributed by atoms with Crippen LogP contribution in [0.4, 0.5) is 0 Å². The van der Waals surface area contributed by atoms with E-state index in [1.165, 1.54) is 128 Å². The van der Waals surface area contributed by atoms with Crippen molar-refractivity contribution in [3.63, 3.8) is 0 Å². The van der Waals surface area contributed by atoms with Gasteiger partial charge in [-0.1, -0.05) is 169 Å². The normalized spacial score (nSPS) is 11.4. The number of hydrogen-bond acceptors (Lipinski definition) is 4. The van der Waals surface area contributed by atoms with Crippen molar-refractivity contribution in [1.82, 2.24) is 0 Å². The average molecular weight is 553 g/mol. The molecule has 0 heterocycles. The van der Waals surface area contributed by atoms with Gasteiger partial charge in [0.1, 0.15) is 6.42 Å². The first-order valence-electron chi connectivity index (χ1n) is 17.2. The van der Waals surface area contributed by atoms with Crippen LogP contribution in [0.3, 0.4) is 0 Å². The summed E-state index contributed by atoms with van der Waals surface area (Å²) >= 11 is 0. The van der Waals surface area contributed by atoms with Gasteiger partial charge < -0.3 is 9.47 Å². The van der Waals surface area contributed by atoms with Crippen molar-refractivity contribution in [1.29, 1.82) is 0 Å². The zero-order valence-corrected chi connectivity index (χ0v) is 26.9. The van der Waals surface area contributed by atoms with Gasteiger partial charge in [-0.3, -0.25) is 9.59 Å². The van der Waals surface area contributed by atoms with E-state index in [-0.39, 0.29) is 6.42 Å². The summed E-state index contributed by atoms with van der Waals surface area (Å²) in [6.45, 7) is 10.1. The van der Waals surface area contributed by atoms with Crippen molar-refractivity contribution in [3.8, 4) is 0 Å². The predicted octanol–water partition coefficient (Wildman–Crippen LogP) is 11.1. The largest absolute Gasteiger partial charge is 0.465 e. The highest BCUT2D eigenvalue weighted by molar-refractivity contribution is 5.91. The summed E-state index contributed by atoms with van der Waals surface area (Å²) in [7, 11) is 0. The van der Waals surface area contributed by atoms with E-state index in [9.17, 15) is 9.59 Å². The van der Waals surface area contributed by atoms with Crippen LogP contribution in [0, 0.1) is 11.8 Å². The molecule has 0 aliphatic rings. The van der Waals surface area contributed by atoms with Crippen LogP contribution in [0.25, 0.3) is 0 Å². The lowest BCUT2D eigenvalue weighted by Gasteiger charge is -2.07. The molecule has 0 atom stereocenters. The molecule has 0 radical (unpaired) electrons. The Kier molecular flexibility index (Phi) is 29.1. The van der Waals surface area contributed by atoms with Crippen LogP contribution in [-0.2, 0) is 19.1 Å². The van der Waals surface area contributed by atoms with E-state index in [4.69, 9.17) is 9.47 Å². The number of ether oxygens (including phenoxy) is 2. The van der Waals surface area contributed by atoms with E-state index in [1.54, 1.807) is 0 Å². The van der Waals surface area contributed by atoms with Gasteiger partial charge in [0.25, 0.3) is 0 Å². The van der Waals surface area contributed by atoms with Crippen LogP contribution >= 0.6 is 0 Å². The summed E-state index contributed by atoms with van der Waals surface area (Å²) < 4.78 is 10.4. The molecule has 0 N–H and O–H groups in total. The summed E-state index contributed by atoms with van der Waals surface area (Å²) in [5.74, 6) is 0.790. The van der Waals surface area contributed by atoms with Gasteiger partial charge in [0.15, 0.2) is 0 Å². The van der Waals surface area contributed by atoms with Crippen molar-refractivity contribution in [2.45, 2.75) is 188 Å². The quantitative estimate of drug-likeness (QED) is 0.0505. The second-order valence-corrected chi connectivity index (χ2v) is 12.8.